The Kier molecular flexibility index (Phi) is 3.52. The Morgan fingerprint density at radius 3 is 2.95 bits per heavy atom. The summed E-state index contributed by atoms with van der Waals surface area (Å²) in [5.41, 5.74) is 2.61. The molecule has 104 valence electrons. The minimum Gasteiger partial charge on any atom is -0.351 e. The van der Waals surface area contributed by atoms with Crippen LogP contribution in [0.2, 0.25) is 0 Å². The average molecular weight is 271 g/mol. The van der Waals surface area contributed by atoms with Crippen molar-refractivity contribution < 1.29 is 9.32 Å². The normalized spacial score (nSPS) is 14.2. The zero-order valence-corrected chi connectivity index (χ0v) is 11.3. The third-order valence-electron chi connectivity index (χ3n) is 3.21. The van der Waals surface area contributed by atoms with Gasteiger partial charge in [-0.1, -0.05) is 17.3 Å². The van der Waals surface area contributed by atoms with Gasteiger partial charge in [-0.15, -0.1) is 0 Å². The van der Waals surface area contributed by atoms with Gasteiger partial charge in [0.15, 0.2) is 0 Å². The summed E-state index contributed by atoms with van der Waals surface area (Å²) < 4.78 is 4.94. The predicted octanol–water partition coefficient (Wildman–Crippen LogP) is 2.49. The Bertz CT molecular complexity index is 617. The molecule has 0 saturated heterocycles. The molecule has 1 aromatic heterocycles. The van der Waals surface area contributed by atoms with Crippen LogP contribution < -0.4 is 10.6 Å². The molecule has 5 nitrogen and oxygen atoms in total. The maximum Gasteiger partial charge on any atom is 0.294 e. The van der Waals surface area contributed by atoms with Crippen LogP contribution in [0, 0.1) is 6.92 Å². The van der Waals surface area contributed by atoms with E-state index in [1.165, 1.54) is 12.8 Å². The van der Waals surface area contributed by atoms with E-state index in [1.54, 1.807) is 13.0 Å². The van der Waals surface area contributed by atoms with E-state index in [0.29, 0.717) is 11.7 Å². The van der Waals surface area contributed by atoms with Crippen molar-refractivity contribution >= 4 is 11.6 Å². The number of aryl methyl sites for hydroxylation is 1. The molecule has 0 radical (unpaired) electrons. The van der Waals surface area contributed by atoms with E-state index in [4.69, 9.17) is 4.52 Å². The van der Waals surface area contributed by atoms with Gasteiger partial charge < -0.3 is 15.2 Å². The number of amides is 1. The number of benzene rings is 1. The molecule has 1 aliphatic carbocycles. The van der Waals surface area contributed by atoms with Crippen LogP contribution in [0.25, 0.3) is 0 Å². The van der Waals surface area contributed by atoms with Crippen molar-refractivity contribution in [2.45, 2.75) is 32.4 Å². The quantitative estimate of drug-likeness (QED) is 0.876. The van der Waals surface area contributed by atoms with E-state index in [2.05, 4.69) is 15.8 Å². The van der Waals surface area contributed by atoms with Gasteiger partial charge in [-0.3, -0.25) is 4.79 Å². The zero-order valence-electron chi connectivity index (χ0n) is 11.3. The predicted molar refractivity (Wildman–Crippen MR) is 75.5 cm³/mol. The SMILES string of the molecule is Cc1cc(C(=O)Nc2cccc(CNC3CC3)c2)on1. The largest absolute Gasteiger partial charge is 0.351 e. The second-order valence-electron chi connectivity index (χ2n) is 5.14. The number of nitrogens with one attached hydrogen (secondary N) is 2. The fourth-order valence-electron chi connectivity index (χ4n) is 1.97. The van der Waals surface area contributed by atoms with Gasteiger partial charge in [-0.2, -0.15) is 0 Å². The van der Waals surface area contributed by atoms with Gasteiger partial charge in [-0.25, -0.2) is 0 Å². The highest BCUT2D eigenvalue weighted by molar-refractivity contribution is 6.02. The molecular weight excluding hydrogens is 254 g/mol. The van der Waals surface area contributed by atoms with Gasteiger partial charge in [-0.05, 0) is 37.5 Å². The molecule has 3 rings (SSSR count). The monoisotopic (exact) mass is 271 g/mol. The molecule has 2 N–H and O–H groups in total. The Hall–Kier alpha value is -2.14. The first-order chi connectivity index (χ1) is 9.70. The lowest BCUT2D eigenvalue weighted by Gasteiger charge is -2.07. The fourth-order valence-corrected chi connectivity index (χ4v) is 1.97. The number of anilines is 1. The third kappa shape index (κ3) is 3.24. The number of nitrogens with zero attached hydrogens (tertiary/aromatic N) is 1. The first-order valence-electron chi connectivity index (χ1n) is 6.78. The average Bonchev–Trinajstić information content (AvgIpc) is 3.17. The highest BCUT2D eigenvalue weighted by atomic mass is 16.5. The summed E-state index contributed by atoms with van der Waals surface area (Å²) in [4.78, 5) is 12.0. The minimum absolute atomic E-state index is 0.226. The van der Waals surface area contributed by atoms with Crippen LogP contribution in [0.4, 0.5) is 5.69 Å². The molecule has 1 fully saturated rings. The van der Waals surface area contributed by atoms with Crippen molar-refractivity contribution in [3.8, 4) is 0 Å². The molecule has 0 spiro atoms. The van der Waals surface area contributed by atoms with E-state index in [1.807, 2.05) is 24.3 Å². The highest BCUT2D eigenvalue weighted by Gasteiger charge is 2.20. The van der Waals surface area contributed by atoms with Gasteiger partial charge >= 0.3 is 0 Å². The van der Waals surface area contributed by atoms with Crippen LogP contribution in [-0.4, -0.2) is 17.1 Å². The number of hydrogen-bond donors (Lipinski definition) is 2. The number of aromatic nitrogens is 1. The van der Waals surface area contributed by atoms with Crippen LogP contribution in [-0.2, 0) is 6.54 Å². The van der Waals surface area contributed by atoms with E-state index < -0.39 is 0 Å². The molecule has 1 heterocycles. The summed E-state index contributed by atoms with van der Waals surface area (Å²) in [6.45, 7) is 2.61. The Labute approximate surface area is 117 Å². The molecule has 5 heteroatoms. The first-order valence-corrected chi connectivity index (χ1v) is 6.78. The maximum atomic E-state index is 12.0. The number of carbonyl (C=O) groups excluding carboxylic acids is 1. The number of carbonyl (C=O) groups is 1. The van der Waals surface area contributed by atoms with E-state index >= 15 is 0 Å². The number of rotatable bonds is 5. The van der Waals surface area contributed by atoms with Crippen molar-refractivity contribution in [3.05, 3.63) is 47.3 Å². The molecule has 1 aliphatic rings. The summed E-state index contributed by atoms with van der Waals surface area (Å²) in [5.74, 6) is -0.0538. The molecule has 1 saturated carbocycles. The summed E-state index contributed by atoms with van der Waals surface area (Å²) in [6.07, 6.45) is 2.53. The molecule has 0 unspecified atom stereocenters. The van der Waals surface area contributed by atoms with Crippen molar-refractivity contribution in [1.82, 2.24) is 10.5 Å². The summed E-state index contributed by atoms with van der Waals surface area (Å²) in [6, 6.07) is 10.1. The lowest BCUT2D eigenvalue weighted by atomic mass is 10.2. The second kappa shape index (κ2) is 5.46. The van der Waals surface area contributed by atoms with E-state index in [9.17, 15) is 4.79 Å². The fraction of sp³-hybridized carbons (Fsp3) is 0.333. The molecule has 20 heavy (non-hydrogen) atoms. The molecule has 0 aliphatic heterocycles. The van der Waals surface area contributed by atoms with Crippen molar-refractivity contribution in [3.63, 3.8) is 0 Å². The Morgan fingerprint density at radius 1 is 1.40 bits per heavy atom. The molecule has 0 atom stereocenters. The molecule has 1 aromatic carbocycles. The van der Waals surface area contributed by atoms with E-state index in [0.717, 1.165) is 17.8 Å². The Balaban J connectivity index is 1.64. The Morgan fingerprint density at radius 2 is 2.25 bits per heavy atom. The molecular formula is C15H17N3O2. The maximum absolute atomic E-state index is 12.0. The molecule has 2 aromatic rings. The summed E-state index contributed by atoms with van der Waals surface area (Å²) >= 11 is 0. The summed E-state index contributed by atoms with van der Waals surface area (Å²) in [5, 5.41) is 9.97. The second-order valence-corrected chi connectivity index (χ2v) is 5.14. The van der Waals surface area contributed by atoms with Gasteiger partial charge in [0.1, 0.15) is 0 Å². The first kappa shape index (κ1) is 12.9. The van der Waals surface area contributed by atoms with Gasteiger partial charge in [0, 0.05) is 24.3 Å². The van der Waals surface area contributed by atoms with Crippen LogP contribution in [0.5, 0.6) is 0 Å². The van der Waals surface area contributed by atoms with Crippen molar-refractivity contribution in [2.75, 3.05) is 5.32 Å². The summed E-state index contributed by atoms with van der Waals surface area (Å²) in [7, 11) is 0. The molecule has 1 amide bonds. The smallest absolute Gasteiger partial charge is 0.294 e. The zero-order chi connectivity index (χ0) is 13.9. The highest BCUT2D eigenvalue weighted by Crippen LogP contribution is 2.20. The van der Waals surface area contributed by atoms with Gasteiger partial charge in [0.2, 0.25) is 5.76 Å². The molecule has 0 bridgehead atoms. The minimum atomic E-state index is -0.280. The van der Waals surface area contributed by atoms with Gasteiger partial charge in [0.25, 0.3) is 5.91 Å². The van der Waals surface area contributed by atoms with Gasteiger partial charge in [0.05, 0.1) is 5.69 Å². The van der Waals surface area contributed by atoms with Crippen LogP contribution in [0.3, 0.4) is 0 Å². The lowest BCUT2D eigenvalue weighted by molar-refractivity contribution is 0.0988. The van der Waals surface area contributed by atoms with Crippen LogP contribution >= 0.6 is 0 Å². The van der Waals surface area contributed by atoms with E-state index in [-0.39, 0.29) is 11.7 Å². The topological polar surface area (TPSA) is 67.2 Å². The van der Waals surface area contributed by atoms with Crippen molar-refractivity contribution in [1.29, 1.82) is 0 Å². The number of hydrogen-bond acceptors (Lipinski definition) is 4. The van der Waals surface area contributed by atoms with Crippen LogP contribution in [0.15, 0.2) is 34.9 Å². The lowest BCUT2D eigenvalue weighted by Crippen LogP contribution is -2.16. The van der Waals surface area contributed by atoms with Crippen molar-refractivity contribution in [2.24, 2.45) is 0 Å². The third-order valence-corrected chi connectivity index (χ3v) is 3.21. The van der Waals surface area contributed by atoms with Crippen LogP contribution in [0.1, 0.15) is 34.7 Å². The standard InChI is InChI=1S/C15H17N3O2/c1-10-7-14(20-18-10)15(19)17-13-4-2-3-11(8-13)9-16-12-5-6-12/h2-4,7-8,12,16H,5-6,9H2,1H3,(H,17,19).